The largest absolute Gasteiger partial charge is 0.394 e. The number of halogens is 2. The minimum absolute atomic E-state index is 0.00588. The highest BCUT2D eigenvalue weighted by molar-refractivity contribution is 9.10. The predicted molar refractivity (Wildman–Crippen MR) is 75.2 cm³/mol. The fraction of sp³-hybridized carbons (Fsp3) is 0.583. The van der Waals surface area contributed by atoms with E-state index in [9.17, 15) is 5.11 Å². The van der Waals surface area contributed by atoms with E-state index in [2.05, 4.69) is 25.8 Å². The highest BCUT2D eigenvalue weighted by Gasteiger charge is 2.34. The molecule has 4 nitrogen and oxygen atoms in total. The van der Waals surface area contributed by atoms with Gasteiger partial charge < -0.3 is 14.7 Å². The molecule has 0 radical (unpaired) electrons. The van der Waals surface area contributed by atoms with E-state index in [1.54, 1.807) is 6.20 Å². The van der Waals surface area contributed by atoms with Gasteiger partial charge in [-0.25, -0.2) is 4.98 Å². The Morgan fingerprint density at radius 1 is 1.67 bits per heavy atom. The number of aromatic nitrogens is 1. The minimum Gasteiger partial charge on any atom is -0.394 e. The summed E-state index contributed by atoms with van der Waals surface area (Å²) in [5.74, 6) is 0.731. The molecule has 18 heavy (non-hydrogen) atoms. The molecule has 1 aliphatic heterocycles. The van der Waals surface area contributed by atoms with Crippen LogP contribution in [0, 0.1) is 0 Å². The van der Waals surface area contributed by atoms with E-state index in [0.29, 0.717) is 18.1 Å². The normalized spacial score (nSPS) is 23.2. The van der Waals surface area contributed by atoms with Crippen molar-refractivity contribution in [2.24, 2.45) is 0 Å². The molecule has 1 atom stereocenters. The van der Waals surface area contributed by atoms with Gasteiger partial charge in [-0.2, -0.15) is 0 Å². The lowest BCUT2D eigenvalue weighted by molar-refractivity contribution is -0.101. The van der Waals surface area contributed by atoms with E-state index in [4.69, 9.17) is 16.3 Å². The number of hydrogen-bond donors (Lipinski definition) is 1. The number of rotatable bonds is 2. The van der Waals surface area contributed by atoms with Gasteiger partial charge in [-0.3, -0.25) is 0 Å². The van der Waals surface area contributed by atoms with Crippen molar-refractivity contribution in [2.45, 2.75) is 25.6 Å². The fourth-order valence-electron chi connectivity index (χ4n) is 2.19. The third kappa shape index (κ3) is 3.15. The van der Waals surface area contributed by atoms with Crippen molar-refractivity contribution in [1.29, 1.82) is 0 Å². The van der Waals surface area contributed by atoms with Crippen molar-refractivity contribution in [3.8, 4) is 0 Å². The molecule has 0 bridgehead atoms. The summed E-state index contributed by atoms with van der Waals surface area (Å²) in [5, 5.41) is 9.88. The average Bonchev–Trinajstić information content (AvgIpc) is 2.26. The number of morpholine rings is 1. The summed E-state index contributed by atoms with van der Waals surface area (Å²) in [4.78, 5) is 6.40. The van der Waals surface area contributed by atoms with Crippen LogP contribution in [-0.4, -0.2) is 41.5 Å². The Balaban J connectivity index is 2.26. The zero-order valence-electron chi connectivity index (χ0n) is 10.4. The first-order valence-electron chi connectivity index (χ1n) is 5.76. The van der Waals surface area contributed by atoms with Crippen molar-refractivity contribution in [3.63, 3.8) is 0 Å². The second-order valence-electron chi connectivity index (χ2n) is 5.02. The first-order chi connectivity index (χ1) is 8.41. The maximum Gasteiger partial charge on any atom is 0.147 e. The zero-order chi connectivity index (χ0) is 13.3. The summed E-state index contributed by atoms with van der Waals surface area (Å²) in [7, 11) is 0. The van der Waals surface area contributed by atoms with Gasteiger partial charge in [0.2, 0.25) is 0 Å². The fourth-order valence-corrected chi connectivity index (χ4v) is 2.94. The quantitative estimate of drug-likeness (QED) is 0.902. The standard InChI is InChI=1S/C12H16BrClN2O2/c1-12(2)7-16(5-9(6-17)18-12)11-10(14)3-8(13)4-15-11/h3-4,9,17H,5-7H2,1-2H3. The number of nitrogens with zero attached hydrogens (tertiary/aromatic N) is 2. The van der Waals surface area contributed by atoms with E-state index < -0.39 is 0 Å². The predicted octanol–water partition coefficient (Wildman–Crippen LogP) is 2.47. The van der Waals surface area contributed by atoms with Crippen LogP contribution in [0.15, 0.2) is 16.7 Å². The number of pyridine rings is 1. The van der Waals surface area contributed by atoms with Crippen LogP contribution < -0.4 is 4.90 Å². The molecule has 6 heteroatoms. The number of anilines is 1. The molecule has 1 unspecified atom stereocenters. The van der Waals surface area contributed by atoms with Gasteiger partial charge >= 0.3 is 0 Å². The van der Waals surface area contributed by atoms with Crippen LogP contribution in [0.3, 0.4) is 0 Å². The van der Waals surface area contributed by atoms with Crippen molar-refractivity contribution in [2.75, 3.05) is 24.6 Å². The SMILES string of the molecule is CC1(C)CN(c2ncc(Br)cc2Cl)CC(CO)O1. The molecular formula is C12H16BrClN2O2. The maximum atomic E-state index is 9.29. The smallest absolute Gasteiger partial charge is 0.147 e. The molecular weight excluding hydrogens is 320 g/mol. The van der Waals surface area contributed by atoms with E-state index in [0.717, 1.165) is 10.3 Å². The molecule has 0 amide bonds. The molecule has 0 aliphatic carbocycles. The molecule has 100 valence electrons. The molecule has 0 spiro atoms. The summed E-state index contributed by atoms with van der Waals surface area (Å²) in [6.07, 6.45) is 1.51. The lowest BCUT2D eigenvalue weighted by Crippen LogP contribution is -2.54. The molecule has 2 heterocycles. The van der Waals surface area contributed by atoms with Crippen molar-refractivity contribution >= 4 is 33.3 Å². The summed E-state index contributed by atoms with van der Waals surface area (Å²) < 4.78 is 6.62. The zero-order valence-corrected chi connectivity index (χ0v) is 12.7. The summed E-state index contributed by atoms with van der Waals surface area (Å²) in [6, 6.07) is 1.82. The third-order valence-electron chi connectivity index (χ3n) is 2.77. The monoisotopic (exact) mass is 334 g/mol. The van der Waals surface area contributed by atoms with Gasteiger partial charge in [0.15, 0.2) is 0 Å². The van der Waals surface area contributed by atoms with Crippen LogP contribution >= 0.6 is 27.5 Å². The van der Waals surface area contributed by atoms with E-state index in [-0.39, 0.29) is 18.3 Å². The van der Waals surface area contributed by atoms with Gasteiger partial charge in [-0.1, -0.05) is 11.6 Å². The van der Waals surface area contributed by atoms with Crippen LogP contribution in [0.5, 0.6) is 0 Å². The van der Waals surface area contributed by atoms with Gasteiger partial charge in [0.05, 0.1) is 23.3 Å². The second kappa shape index (κ2) is 5.33. The Kier molecular flexibility index (Phi) is 4.16. The molecule has 1 saturated heterocycles. The lowest BCUT2D eigenvalue weighted by Gasteiger charge is -2.43. The maximum absolute atomic E-state index is 9.29. The van der Waals surface area contributed by atoms with Crippen molar-refractivity contribution in [1.82, 2.24) is 4.98 Å². The highest BCUT2D eigenvalue weighted by Crippen LogP contribution is 2.30. The molecule has 1 aliphatic rings. The van der Waals surface area contributed by atoms with Crippen LogP contribution in [0.2, 0.25) is 5.02 Å². The summed E-state index contributed by atoms with van der Waals surface area (Å²) in [6.45, 7) is 5.27. The Labute approximate surface area is 120 Å². The van der Waals surface area contributed by atoms with Gasteiger partial charge in [-0.15, -0.1) is 0 Å². The Bertz CT molecular complexity index is 442. The molecule has 1 fully saturated rings. The van der Waals surface area contributed by atoms with Gasteiger partial charge in [0, 0.05) is 23.8 Å². The third-order valence-corrected chi connectivity index (χ3v) is 3.48. The van der Waals surface area contributed by atoms with Crippen molar-refractivity contribution < 1.29 is 9.84 Å². The minimum atomic E-state index is -0.330. The van der Waals surface area contributed by atoms with Crippen LogP contribution in [-0.2, 0) is 4.74 Å². The van der Waals surface area contributed by atoms with E-state index in [1.165, 1.54) is 0 Å². The number of aliphatic hydroxyl groups is 1. The Morgan fingerprint density at radius 2 is 2.39 bits per heavy atom. The Hall–Kier alpha value is -0.360. The lowest BCUT2D eigenvalue weighted by atomic mass is 10.1. The molecule has 1 aromatic heterocycles. The average molecular weight is 336 g/mol. The van der Waals surface area contributed by atoms with Crippen LogP contribution in [0.1, 0.15) is 13.8 Å². The second-order valence-corrected chi connectivity index (χ2v) is 6.34. The first-order valence-corrected chi connectivity index (χ1v) is 6.93. The topological polar surface area (TPSA) is 45.6 Å². The molecule has 1 N–H and O–H groups in total. The summed E-state index contributed by atoms with van der Waals surface area (Å²) >= 11 is 9.55. The molecule has 1 aromatic rings. The van der Waals surface area contributed by atoms with Crippen molar-refractivity contribution in [3.05, 3.63) is 21.8 Å². The van der Waals surface area contributed by atoms with Gasteiger partial charge in [-0.05, 0) is 35.8 Å². The first kappa shape index (κ1) is 14.1. The number of hydrogen-bond acceptors (Lipinski definition) is 4. The summed E-state index contributed by atoms with van der Waals surface area (Å²) in [5.41, 5.74) is -0.330. The van der Waals surface area contributed by atoms with Gasteiger partial charge in [0.25, 0.3) is 0 Å². The van der Waals surface area contributed by atoms with Gasteiger partial charge in [0.1, 0.15) is 5.82 Å². The van der Waals surface area contributed by atoms with E-state index >= 15 is 0 Å². The number of ether oxygens (including phenoxy) is 1. The molecule has 0 aromatic carbocycles. The molecule has 2 rings (SSSR count). The van der Waals surface area contributed by atoms with Crippen LogP contribution in [0.25, 0.3) is 0 Å². The van der Waals surface area contributed by atoms with Crippen LogP contribution in [0.4, 0.5) is 5.82 Å². The number of aliphatic hydroxyl groups excluding tert-OH is 1. The Morgan fingerprint density at radius 3 is 3.00 bits per heavy atom. The van der Waals surface area contributed by atoms with E-state index in [1.807, 2.05) is 19.9 Å². The highest BCUT2D eigenvalue weighted by atomic mass is 79.9. The molecule has 0 saturated carbocycles.